The third kappa shape index (κ3) is 6.40. The fourth-order valence-corrected chi connectivity index (χ4v) is 3.50. The van der Waals surface area contributed by atoms with E-state index in [-0.39, 0.29) is 12.2 Å². The lowest BCUT2D eigenvalue weighted by molar-refractivity contribution is -0.149. The van der Waals surface area contributed by atoms with Gasteiger partial charge in [0.25, 0.3) is 0 Å². The van der Waals surface area contributed by atoms with Crippen LogP contribution in [0.5, 0.6) is 11.6 Å². The first kappa shape index (κ1) is 25.6. The SMILES string of the molecule is CO[C@@H](Cn1c(=O)[nH]/c(=N\c2ccc(Oc3ccccn3)cc2)n(Cc2ccc(Cl)cc2)c1=O)C(=O)O. The van der Waals surface area contributed by atoms with E-state index in [4.69, 9.17) is 21.1 Å². The number of aromatic nitrogens is 4. The molecular formula is C25H22ClN5O6. The van der Waals surface area contributed by atoms with Gasteiger partial charge in [0, 0.05) is 24.4 Å². The van der Waals surface area contributed by atoms with Crippen LogP contribution in [0.3, 0.4) is 0 Å². The second-order valence-electron chi connectivity index (χ2n) is 7.80. The highest BCUT2D eigenvalue weighted by atomic mass is 35.5. The van der Waals surface area contributed by atoms with E-state index in [1.165, 1.54) is 11.7 Å². The number of H-pyrrole nitrogens is 1. The van der Waals surface area contributed by atoms with Gasteiger partial charge in [0.2, 0.25) is 11.5 Å². The molecule has 4 aromatic rings. The highest BCUT2D eigenvalue weighted by Crippen LogP contribution is 2.22. The number of halogens is 1. The first-order valence-corrected chi connectivity index (χ1v) is 11.4. The quantitative estimate of drug-likeness (QED) is 0.343. The number of ether oxygens (including phenoxy) is 2. The van der Waals surface area contributed by atoms with E-state index in [0.717, 1.165) is 4.57 Å². The minimum Gasteiger partial charge on any atom is -0.479 e. The molecule has 0 amide bonds. The number of aromatic amines is 1. The van der Waals surface area contributed by atoms with Gasteiger partial charge in [-0.15, -0.1) is 0 Å². The average Bonchev–Trinajstić information content (AvgIpc) is 2.89. The van der Waals surface area contributed by atoms with Crippen molar-refractivity contribution in [3.8, 4) is 11.6 Å². The lowest BCUT2D eigenvalue weighted by Crippen LogP contribution is -2.52. The topological polar surface area (TPSA) is 141 Å². The molecule has 0 aliphatic rings. The number of hydrogen-bond donors (Lipinski definition) is 2. The highest BCUT2D eigenvalue weighted by Gasteiger charge is 2.20. The Hall–Kier alpha value is -4.48. The van der Waals surface area contributed by atoms with Crippen molar-refractivity contribution in [1.29, 1.82) is 0 Å². The fraction of sp³-hybridized carbons (Fsp3) is 0.160. The van der Waals surface area contributed by atoms with Gasteiger partial charge in [-0.1, -0.05) is 29.8 Å². The standard InChI is InChI=1S/C25H22ClN5O6/c1-36-20(22(32)33)15-31-24(34)29-23(30(25(31)35)14-16-5-7-17(26)8-6-16)28-18-9-11-19(12-10-18)37-21-4-2-3-13-27-21/h2-13,20H,14-15H2,1H3,(H,32,33)(H,28,29,34)/t20-/m0/s1. The van der Waals surface area contributed by atoms with E-state index >= 15 is 0 Å². The summed E-state index contributed by atoms with van der Waals surface area (Å²) in [4.78, 5) is 48.7. The van der Waals surface area contributed by atoms with Crippen LogP contribution >= 0.6 is 11.6 Å². The van der Waals surface area contributed by atoms with Crippen molar-refractivity contribution >= 4 is 23.3 Å². The number of nitrogens with one attached hydrogen (secondary N) is 1. The number of nitrogens with zero attached hydrogens (tertiary/aromatic N) is 4. The van der Waals surface area contributed by atoms with Gasteiger partial charge in [-0.2, -0.15) is 0 Å². The molecular weight excluding hydrogens is 502 g/mol. The molecule has 12 heteroatoms. The summed E-state index contributed by atoms with van der Waals surface area (Å²) in [6.07, 6.45) is 0.222. The summed E-state index contributed by atoms with van der Waals surface area (Å²) in [6, 6.07) is 18.7. The zero-order chi connectivity index (χ0) is 26.4. The number of benzene rings is 2. The summed E-state index contributed by atoms with van der Waals surface area (Å²) in [7, 11) is 1.19. The highest BCUT2D eigenvalue weighted by molar-refractivity contribution is 6.30. The molecule has 2 aromatic carbocycles. The van der Waals surface area contributed by atoms with Gasteiger partial charge in [-0.3, -0.25) is 9.55 Å². The van der Waals surface area contributed by atoms with Crippen molar-refractivity contribution in [3.63, 3.8) is 0 Å². The Bertz CT molecular complexity index is 1560. The fourth-order valence-electron chi connectivity index (χ4n) is 3.38. The van der Waals surface area contributed by atoms with Crippen molar-refractivity contribution in [2.75, 3.05) is 7.11 Å². The van der Waals surface area contributed by atoms with Gasteiger partial charge >= 0.3 is 17.3 Å². The Kier molecular flexibility index (Phi) is 7.96. The van der Waals surface area contributed by atoms with Crippen molar-refractivity contribution in [1.82, 2.24) is 19.1 Å². The average molecular weight is 524 g/mol. The Morgan fingerprint density at radius 2 is 1.81 bits per heavy atom. The minimum atomic E-state index is -1.39. The number of aliphatic carboxylic acids is 1. The van der Waals surface area contributed by atoms with E-state index in [9.17, 15) is 19.5 Å². The Balaban J connectivity index is 1.75. The summed E-state index contributed by atoms with van der Waals surface area (Å²) in [6.45, 7) is -0.447. The third-order valence-electron chi connectivity index (χ3n) is 5.28. The first-order valence-electron chi connectivity index (χ1n) is 11.0. The molecule has 2 N–H and O–H groups in total. The largest absolute Gasteiger partial charge is 0.479 e. The Labute approximate surface area is 214 Å². The molecule has 0 aliphatic carbocycles. The molecule has 2 heterocycles. The normalized spacial score (nSPS) is 12.3. The number of pyridine rings is 1. The van der Waals surface area contributed by atoms with E-state index in [2.05, 4.69) is 15.0 Å². The smallest absolute Gasteiger partial charge is 0.335 e. The summed E-state index contributed by atoms with van der Waals surface area (Å²) in [5, 5.41) is 9.83. The Morgan fingerprint density at radius 3 is 2.43 bits per heavy atom. The van der Waals surface area contributed by atoms with Crippen LogP contribution in [-0.4, -0.2) is 43.4 Å². The van der Waals surface area contributed by atoms with Crippen molar-refractivity contribution in [2.24, 2.45) is 4.99 Å². The zero-order valence-corrected chi connectivity index (χ0v) is 20.3. The Morgan fingerprint density at radius 1 is 1.08 bits per heavy atom. The summed E-state index contributed by atoms with van der Waals surface area (Å²) in [5.41, 5.74) is -0.456. The molecule has 11 nitrogen and oxygen atoms in total. The van der Waals surface area contributed by atoms with Gasteiger partial charge in [-0.05, 0) is 48.0 Å². The number of carbonyl (C=O) groups is 1. The van der Waals surface area contributed by atoms with Gasteiger partial charge in [0.1, 0.15) is 5.75 Å². The molecule has 4 rings (SSSR count). The molecule has 0 spiro atoms. The molecule has 190 valence electrons. The van der Waals surface area contributed by atoms with Gasteiger partial charge in [-0.25, -0.2) is 28.9 Å². The van der Waals surface area contributed by atoms with Gasteiger partial charge in [0.15, 0.2) is 6.10 Å². The van der Waals surface area contributed by atoms with Gasteiger partial charge < -0.3 is 14.6 Å². The second-order valence-corrected chi connectivity index (χ2v) is 8.23. The maximum Gasteiger partial charge on any atom is 0.335 e. The number of carboxylic acid groups (broad SMARTS) is 1. The molecule has 1 atom stereocenters. The zero-order valence-electron chi connectivity index (χ0n) is 19.6. The van der Waals surface area contributed by atoms with Crippen LogP contribution in [0.4, 0.5) is 5.69 Å². The predicted molar refractivity (Wildman–Crippen MR) is 134 cm³/mol. The molecule has 0 saturated heterocycles. The lowest BCUT2D eigenvalue weighted by Gasteiger charge is -2.14. The summed E-state index contributed by atoms with van der Waals surface area (Å²) >= 11 is 5.97. The van der Waals surface area contributed by atoms with Crippen LogP contribution < -0.4 is 21.7 Å². The molecule has 0 unspecified atom stereocenters. The van der Waals surface area contributed by atoms with Crippen LogP contribution in [0.25, 0.3) is 0 Å². The third-order valence-corrected chi connectivity index (χ3v) is 5.53. The van der Waals surface area contributed by atoms with Crippen LogP contribution in [0.1, 0.15) is 5.56 Å². The molecule has 0 radical (unpaired) electrons. The maximum absolute atomic E-state index is 13.3. The van der Waals surface area contributed by atoms with E-state index in [0.29, 0.717) is 27.9 Å². The monoisotopic (exact) mass is 523 g/mol. The van der Waals surface area contributed by atoms with Crippen LogP contribution in [0.2, 0.25) is 5.02 Å². The number of hydrogen-bond acceptors (Lipinski definition) is 7. The predicted octanol–water partition coefficient (Wildman–Crippen LogP) is 2.56. The number of rotatable bonds is 9. The number of methoxy groups -OCH3 is 1. The van der Waals surface area contributed by atoms with Crippen LogP contribution in [0.15, 0.2) is 87.5 Å². The first-order chi connectivity index (χ1) is 17.8. The summed E-state index contributed by atoms with van der Waals surface area (Å²) < 4.78 is 12.6. The lowest BCUT2D eigenvalue weighted by atomic mass is 10.2. The van der Waals surface area contributed by atoms with E-state index in [1.807, 2.05) is 0 Å². The molecule has 37 heavy (non-hydrogen) atoms. The van der Waals surface area contributed by atoms with Crippen molar-refractivity contribution < 1.29 is 19.4 Å². The molecule has 0 aliphatic heterocycles. The van der Waals surface area contributed by atoms with Crippen LogP contribution in [-0.2, 0) is 22.6 Å². The van der Waals surface area contributed by atoms with Crippen molar-refractivity contribution in [2.45, 2.75) is 19.2 Å². The van der Waals surface area contributed by atoms with Crippen LogP contribution in [0, 0.1) is 0 Å². The molecule has 2 aromatic heterocycles. The van der Waals surface area contributed by atoms with Crippen molar-refractivity contribution in [3.05, 3.63) is 110 Å². The maximum atomic E-state index is 13.3. The van der Waals surface area contributed by atoms with E-state index < -0.39 is 30.0 Å². The van der Waals surface area contributed by atoms with Gasteiger partial charge in [0.05, 0.1) is 18.8 Å². The molecule has 0 bridgehead atoms. The molecule has 0 saturated carbocycles. The number of carboxylic acids is 1. The van der Waals surface area contributed by atoms with E-state index in [1.54, 1.807) is 72.9 Å². The minimum absolute atomic E-state index is 0.0242. The molecule has 0 fully saturated rings. The summed E-state index contributed by atoms with van der Waals surface area (Å²) in [5.74, 6) is -0.355. The second kappa shape index (κ2) is 11.5.